The lowest BCUT2D eigenvalue weighted by Gasteiger charge is -2.45. The van der Waals surface area contributed by atoms with Crippen molar-refractivity contribution in [1.29, 1.82) is 0 Å². The molecule has 0 spiro atoms. The Morgan fingerprint density at radius 3 is 2.42 bits per heavy atom. The van der Waals surface area contributed by atoms with Gasteiger partial charge in [0.25, 0.3) is 0 Å². The average Bonchev–Trinajstić information content (AvgIpc) is 2.77. The lowest BCUT2D eigenvalue weighted by atomic mass is 9.67. The number of carbonyl (C=O) groups is 2. The topological polar surface area (TPSA) is 90.6 Å². The van der Waals surface area contributed by atoms with Gasteiger partial charge in [0.05, 0.1) is 23.3 Å². The van der Waals surface area contributed by atoms with Crippen molar-refractivity contribution in [3.8, 4) is 5.75 Å². The normalized spacial score (nSPS) is 18.5. The zero-order valence-electron chi connectivity index (χ0n) is 19.5. The largest absolute Gasteiger partial charge is 0.486 e. The van der Waals surface area contributed by atoms with E-state index in [1.165, 1.54) is 24.0 Å². The fourth-order valence-corrected chi connectivity index (χ4v) is 3.81. The summed E-state index contributed by atoms with van der Waals surface area (Å²) in [6.45, 7) is 6.23. The summed E-state index contributed by atoms with van der Waals surface area (Å²) in [4.78, 5) is 18.5. The molecule has 0 heterocycles. The maximum absolute atomic E-state index is 9.95. The van der Waals surface area contributed by atoms with E-state index in [4.69, 9.17) is 37.5 Å². The molecule has 2 aromatic carbocycles. The van der Waals surface area contributed by atoms with Crippen molar-refractivity contribution in [3.63, 3.8) is 0 Å². The van der Waals surface area contributed by atoms with Crippen molar-refractivity contribution in [2.24, 2.45) is 11.1 Å². The highest BCUT2D eigenvalue weighted by Crippen LogP contribution is 2.40. The molecule has 0 radical (unpaired) electrons. The first kappa shape index (κ1) is 28.9. The highest BCUT2D eigenvalue weighted by Gasteiger charge is 2.39. The maximum Gasteiger partial charge on any atom is 0.204 e. The zero-order chi connectivity index (χ0) is 24.7. The van der Waals surface area contributed by atoms with Crippen molar-refractivity contribution >= 4 is 35.9 Å². The molecule has 0 unspecified atom stereocenters. The van der Waals surface area contributed by atoms with Crippen molar-refractivity contribution in [1.82, 2.24) is 5.32 Å². The smallest absolute Gasteiger partial charge is 0.204 e. The number of aryl methyl sites for hydroxylation is 1. The quantitative estimate of drug-likeness (QED) is 0.390. The van der Waals surface area contributed by atoms with Gasteiger partial charge >= 0.3 is 0 Å². The second-order valence-electron chi connectivity index (χ2n) is 8.19. The van der Waals surface area contributed by atoms with Gasteiger partial charge in [-0.05, 0) is 56.3 Å². The summed E-state index contributed by atoms with van der Waals surface area (Å²) in [5.41, 5.74) is 7.28. The number of rotatable bonds is 9. The molecule has 2 aromatic rings. The van der Waals surface area contributed by atoms with Crippen molar-refractivity contribution in [2.45, 2.75) is 39.2 Å². The fraction of sp³-hybridized carbons (Fsp3) is 0.440. The number of nitrogens with one attached hydrogen (secondary N) is 1. The van der Waals surface area contributed by atoms with Crippen LogP contribution in [0.5, 0.6) is 5.75 Å². The van der Waals surface area contributed by atoms with E-state index in [1.54, 1.807) is 18.2 Å². The Morgan fingerprint density at radius 1 is 1.15 bits per heavy atom. The minimum Gasteiger partial charge on any atom is -0.486 e. The van der Waals surface area contributed by atoms with Crippen LogP contribution in [0.15, 0.2) is 42.5 Å². The number of hydrogen-bond donors (Lipinski definition) is 2. The van der Waals surface area contributed by atoms with E-state index in [1.807, 2.05) is 7.05 Å². The van der Waals surface area contributed by atoms with Crippen molar-refractivity contribution in [2.75, 3.05) is 26.9 Å². The van der Waals surface area contributed by atoms with Crippen molar-refractivity contribution < 1.29 is 19.1 Å². The first-order chi connectivity index (χ1) is 15.8. The molecule has 8 heteroatoms. The van der Waals surface area contributed by atoms with Crippen LogP contribution in [0.4, 0.5) is 0 Å². The maximum atomic E-state index is 9.95. The monoisotopic (exact) mass is 496 g/mol. The molecule has 3 rings (SSSR count). The molecular formula is C25H34Cl2N2O4. The number of nitrogens with two attached hydrogens (primary N) is 1. The number of carbonyl (C=O) groups excluding carboxylic acids is 2. The summed E-state index contributed by atoms with van der Waals surface area (Å²) >= 11 is 11.4. The first-order valence-corrected chi connectivity index (χ1v) is 11.5. The van der Waals surface area contributed by atoms with Gasteiger partial charge in [0.2, 0.25) is 6.41 Å². The summed E-state index contributed by atoms with van der Waals surface area (Å²) in [5, 5.41) is 4.21. The molecule has 6 nitrogen and oxygen atoms in total. The Morgan fingerprint density at radius 2 is 1.85 bits per heavy atom. The van der Waals surface area contributed by atoms with Crippen LogP contribution in [0.2, 0.25) is 10.0 Å². The van der Waals surface area contributed by atoms with E-state index < -0.39 is 0 Å². The number of primary amides is 1. The average molecular weight is 497 g/mol. The molecule has 182 valence electrons. The van der Waals surface area contributed by atoms with E-state index in [2.05, 4.69) is 49.2 Å². The van der Waals surface area contributed by atoms with Gasteiger partial charge in [-0.1, -0.05) is 60.0 Å². The zero-order valence-corrected chi connectivity index (χ0v) is 21.0. The van der Waals surface area contributed by atoms with E-state index in [-0.39, 0.29) is 13.0 Å². The standard InChI is InChI=1S/C16H25NO.C8H6Cl2O2.CH3NO/c1-13-5-4-6-14(9-13)7-8-18-12-16(2)10-15(11-16)17-3;9-7-2-1-6(5-8(7)10)12-4-3-11;2-1-3/h4-6,9,15,17H,7-8,10-12H2,1-3H3;1-3,5H,4H2;1H,(H2,2,3). The number of amides is 1. The number of halogens is 2. The first-order valence-electron chi connectivity index (χ1n) is 10.7. The van der Waals surface area contributed by atoms with Gasteiger partial charge in [-0.2, -0.15) is 0 Å². The van der Waals surface area contributed by atoms with E-state index in [9.17, 15) is 4.79 Å². The highest BCUT2D eigenvalue weighted by molar-refractivity contribution is 6.42. The third kappa shape index (κ3) is 11.5. The summed E-state index contributed by atoms with van der Waals surface area (Å²) < 4.78 is 10.8. The predicted molar refractivity (Wildman–Crippen MR) is 134 cm³/mol. The lowest BCUT2D eigenvalue weighted by molar-refractivity contribution is -0.109. The van der Waals surface area contributed by atoms with Crippen LogP contribution in [0.1, 0.15) is 30.9 Å². The molecule has 0 aliphatic heterocycles. The van der Waals surface area contributed by atoms with Crippen LogP contribution in [0.25, 0.3) is 0 Å². The minimum atomic E-state index is 0.0258. The molecule has 0 aromatic heterocycles. The van der Waals surface area contributed by atoms with Gasteiger partial charge in [0.1, 0.15) is 12.4 Å². The Kier molecular flexibility index (Phi) is 13.7. The Balaban J connectivity index is 0.000000314. The minimum absolute atomic E-state index is 0.0258. The molecule has 0 bridgehead atoms. The number of ether oxygens (including phenoxy) is 2. The molecule has 1 saturated carbocycles. The Labute approximate surface area is 206 Å². The summed E-state index contributed by atoms with van der Waals surface area (Å²) in [6, 6.07) is 14.2. The summed E-state index contributed by atoms with van der Waals surface area (Å²) in [5.74, 6) is 0.538. The Hall–Kier alpha value is -2.12. The van der Waals surface area contributed by atoms with Gasteiger partial charge < -0.3 is 20.5 Å². The molecule has 1 fully saturated rings. The van der Waals surface area contributed by atoms with Gasteiger partial charge in [-0.25, -0.2) is 0 Å². The summed E-state index contributed by atoms with van der Waals surface area (Å²) in [7, 11) is 2.04. The van der Waals surface area contributed by atoms with Gasteiger partial charge in [0, 0.05) is 12.1 Å². The molecule has 1 aliphatic carbocycles. The molecule has 1 amide bonds. The van der Waals surface area contributed by atoms with Crippen LogP contribution in [-0.2, 0) is 20.7 Å². The lowest BCUT2D eigenvalue weighted by Crippen LogP contribution is -2.48. The SMILES string of the molecule is CNC1CC(C)(COCCc2cccc(C)c2)C1.NC=O.O=CCOc1ccc(Cl)c(Cl)c1. The third-order valence-corrected chi connectivity index (χ3v) is 5.90. The molecule has 33 heavy (non-hydrogen) atoms. The molecule has 3 N–H and O–H groups in total. The number of hydrogen-bond acceptors (Lipinski definition) is 5. The van der Waals surface area contributed by atoms with E-state index in [0.29, 0.717) is 33.5 Å². The van der Waals surface area contributed by atoms with Gasteiger partial charge in [-0.3, -0.25) is 9.59 Å². The number of benzene rings is 2. The van der Waals surface area contributed by atoms with Crippen LogP contribution < -0.4 is 15.8 Å². The fourth-order valence-electron chi connectivity index (χ4n) is 3.53. The Bertz CT molecular complexity index is 858. The van der Waals surface area contributed by atoms with Gasteiger partial charge in [-0.15, -0.1) is 0 Å². The van der Waals surface area contributed by atoms with Gasteiger partial charge in [0.15, 0.2) is 6.29 Å². The molecule has 1 aliphatic rings. The number of aldehydes is 1. The predicted octanol–water partition coefficient (Wildman–Crippen LogP) is 4.61. The van der Waals surface area contributed by atoms with Crippen molar-refractivity contribution in [3.05, 3.63) is 63.6 Å². The summed E-state index contributed by atoms with van der Waals surface area (Å²) in [6.07, 6.45) is 4.43. The van der Waals surface area contributed by atoms with Crippen LogP contribution >= 0.6 is 23.2 Å². The van der Waals surface area contributed by atoms with E-state index in [0.717, 1.165) is 19.6 Å². The second-order valence-corrected chi connectivity index (χ2v) is 9.00. The second kappa shape index (κ2) is 15.7. The molecular weight excluding hydrogens is 463 g/mol. The molecule has 0 saturated heterocycles. The third-order valence-electron chi connectivity index (χ3n) is 5.16. The molecule has 0 atom stereocenters. The van der Waals surface area contributed by atoms with E-state index >= 15 is 0 Å². The highest BCUT2D eigenvalue weighted by atomic mass is 35.5. The van der Waals surface area contributed by atoms with Crippen LogP contribution in [0, 0.1) is 12.3 Å². The van der Waals surface area contributed by atoms with Crippen LogP contribution in [0.3, 0.4) is 0 Å². The van der Waals surface area contributed by atoms with Crippen LogP contribution in [-0.4, -0.2) is 45.6 Å².